The first-order valence-electron chi connectivity index (χ1n) is 12.2. The largest absolute Gasteiger partial charge is 0.522 e. The highest BCUT2D eigenvalue weighted by molar-refractivity contribution is 6.38. The zero-order valence-corrected chi connectivity index (χ0v) is 20.5. The SMILES string of the molecule is CCCCC(Cc1c[nH]c2ccccc12)NC(=O)C(N)=NC(N)=[N+]1CCN(CCOC(F)(F)F)CC1. The lowest BCUT2D eigenvalue weighted by molar-refractivity contribution is -0.541. The fourth-order valence-electron chi connectivity index (χ4n) is 4.24. The third-order valence-corrected chi connectivity index (χ3v) is 6.22. The molecule has 0 aliphatic carbocycles. The number of hydrogen-bond acceptors (Lipinski definition) is 3. The minimum absolute atomic E-state index is 0.107. The van der Waals surface area contributed by atoms with E-state index in [-0.39, 0.29) is 24.4 Å². The van der Waals surface area contributed by atoms with Crippen LogP contribution in [0.2, 0.25) is 0 Å². The fourth-order valence-corrected chi connectivity index (χ4v) is 4.24. The van der Waals surface area contributed by atoms with Crippen molar-refractivity contribution >= 4 is 28.6 Å². The van der Waals surface area contributed by atoms with E-state index in [1.165, 1.54) is 0 Å². The van der Waals surface area contributed by atoms with Crippen LogP contribution in [-0.4, -0.2) is 83.9 Å². The molecule has 1 aromatic carbocycles. The second-order valence-electron chi connectivity index (χ2n) is 8.85. The topological polar surface area (TPSA) is 125 Å². The van der Waals surface area contributed by atoms with Gasteiger partial charge in [0.25, 0.3) is 5.84 Å². The van der Waals surface area contributed by atoms with Gasteiger partial charge in [-0.1, -0.05) is 38.0 Å². The van der Waals surface area contributed by atoms with Gasteiger partial charge in [0.05, 0.1) is 19.7 Å². The number of aromatic nitrogens is 1. The number of aliphatic imine (C=N–C) groups is 1. The number of nitrogens with one attached hydrogen (secondary N) is 2. The second kappa shape index (κ2) is 12.7. The molecule has 6 N–H and O–H groups in total. The minimum atomic E-state index is -4.63. The first kappa shape index (κ1) is 27.5. The van der Waals surface area contributed by atoms with Gasteiger partial charge in [0.2, 0.25) is 0 Å². The number of benzene rings is 1. The average molecular weight is 511 g/mol. The van der Waals surface area contributed by atoms with E-state index in [4.69, 9.17) is 11.5 Å². The molecule has 1 atom stereocenters. The van der Waals surface area contributed by atoms with Gasteiger partial charge >= 0.3 is 18.2 Å². The summed E-state index contributed by atoms with van der Waals surface area (Å²) < 4.78 is 42.0. The smallest absolute Gasteiger partial charge is 0.365 e. The van der Waals surface area contributed by atoms with Crippen LogP contribution in [0.15, 0.2) is 35.5 Å². The number of hydrogen-bond donors (Lipinski definition) is 4. The number of unbranched alkanes of at least 4 members (excludes halogenated alkanes) is 1. The summed E-state index contributed by atoms with van der Waals surface area (Å²) in [5.74, 6) is -0.605. The summed E-state index contributed by atoms with van der Waals surface area (Å²) in [5.41, 5.74) is 14.2. The molecule has 1 fully saturated rings. The highest BCUT2D eigenvalue weighted by Crippen LogP contribution is 2.20. The van der Waals surface area contributed by atoms with Crippen LogP contribution >= 0.6 is 0 Å². The van der Waals surface area contributed by atoms with Crippen LogP contribution in [-0.2, 0) is 16.0 Å². The predicted octanol–water partition coefficient (Wildman–Crippen LogP) is 1.92. The number of nitrogens with zero attached hydrogens (tertiary/aromatic N) is 3. The molecule has 36 heavy (non-hydrogen) atoms. The molecule has 9 nitrogen and oxygen atoms in total. The van der Waals surface area contributed by atoms with Gasteiger partial charge in [-0.15, -0.1) is 13.2 Å². The molecular formula is C24H35F3N7O2+. The first-order valence-corrected chi connectivity index (χ1v) is 12.2. The summed E-state index contributed by atoms with van der Waals surface area (Å²) >= 11 is 0. The van der Waals surface area contributed by atoms with Crippen molar-refractivity contribution in [3.05, 3.63) is 36.0 Å². The van der Waals surface area contributed by atoms with Crippen LogP contribution in [0.4, 0.5) is 13.2 Å². The van der Waals surface area contributed by atoms with Gasteiger partial charge in [0.15, 0.2) is 0 Å². The van der Waals surface area contributed by atoms with Crippen LogP contribution in [0.3, 0.4) is 0 Å². The third-order valence-electron chi connectivity index (χ3n) is 6.22. The molecule has 12 heteroatoms. The fraction of sp³-hybridized carbons (Fsp3) is 0.542. The van der Waals surface area contributed by atoms with Gasteiger partial charge in [-0.2, -0.15) is 0 Å². The Bertz CT molecular complexity index is 1070. The Morgan fingerprint density at radius 3 is 2.69 bits per heavy atom. The van der Waals surface area contributed by atoms with Crippen LogP contribution in [0.1, 0.15) is 31.7 Å². The monoisotopic (exact) mass is 510 g/mol. The molecule has 1 saturated heterocycles. The number of fused-ring (bicyclic) bond motifs is 1. The molecule has 1 aromatic heterocycles. The standard InChI is InChI=1S/C24H34F3N7O2/c1-2-3-6-18(15-17-16-30-20-8-5-4-7-19(17)20)31-22(35)21(28)32-23(29)34-11-9-33(10-12-34)13-14-36-24(25,26)27/h4-5,7-8,16,18,30H,2-3,6,9-15H2,1H3,(H4,28,29,31,32,35)/p+1. The van der Waals surface area contributed by atoms with Gasteiger partial charge in [-0.3, -0.25) is 24.7 Å². The van der Waals surface area contributed by atoms with Crippen molar-refractivity contribution in [1.29, 1.82) is 0 Å². The summed E-state index contributed by atoms with van der Waals surface area (Å²) in [7, 11) is 0. The van der Waals surface area contributed by atoms with E-state index in [0.29, 0.717) is 32.6 Å². The number of carbonyl (C=O) groups excluding carboxylic acids is 1. The number of carbonyl (C=O) groups is 1. The molecule has 2 heterocycles. The Balaban J connectivity index is 1.57. The number of aromatic amines is 1. The summed E-state index contributed by atoms with van der Waals surface area (Å²) in [6, 6.07) is 7.90. The van der Waals surface area contributed by atoms with Gasteiger partial charge in [-0.05, 0) is 29.5 Å². The van der Waals surface area contributed by atoms with Crippen LogP contribution in [0.5, 0.6) is 0 Å². The number of amides is 1. The molecule has 0 radical (unpaired) electrons. The maximum absolute atomic E-state index is 12.8. The first-order chi connectivity index (χ1) is 17.2. The summed E-state index contributed by atoms with van der Waals surface area (Å²) in [4.78, 5) is 22.0. The zero-order valence-electron chi connectivity index (χ0n) is 20.5. The van der Waals surface area contributed by atoms with E-state index >= 15 is 0 Å². The molecule has 0 saturated carbocycles. The van der Waals surface area contributed by atoms with Crippen LogP contribution in [0.25, 0.3) is 10.9 Å². The van der Waals surface area contributed by atoms with Gasteiger partial charge in [-0.25, -0.2) is 0 Å². The summed E-state index contributed by atoms with van der Waals surface area (Å²) in [5, 5.41) is 4.12. The van der Waals surface area contributed by atoms with Crippen molar-refractivity contribution in [2.75, 3.05) is 39.3 Å². The number of halogens is 3. The van der Waals surface area contributed by atoms with Crippen molar-refractivity contribution in [1.82, 2.24) is 15.2 Å². The van der Waals surface area contributed by atoms with E-state index in [0.717, 1.165) is 35.7 Å². The number of rotatable bonds is 9. The lowest BCUT2D eigenvalue weighted by Gasteiger charge is -2.27. The Morgan fingerprint density at radius 2 is 2.00 bits per heavy atom. The number of nitrogens with two attached hydrogens (primary N) is 2. The number of amidine groups is 1. The van der Waals surface area contributed by atoms with Gasteiger partial charge in [0, 0.05) is 42.8 Å². The molecule has 0 bridgehead atoms. The number of H-pyrrole nitrogens is 1. The number of alkyl halides is 3. The Labute approximate surface area is 208 Å². The number of piperazine rings is 1. The van der Waals surface area contributed by atoms with Crippen molar-refractivity contribution in [3.8, 4) is 0 Å². The Morgan fingerprint density at radius 1 is 1.28 bits per heavy atom. The molecule has 198 valence electrons. The molecule has 1 amide bonds. The number of para-hydroxylation sites is 1. The molecule has 1 unspecified atom stereocenters. The molecule has 1 aliphatic heterocycles. The van der Waals surface area contributed by atoms with E-state index in [1.807, 2.05) is 29.3 Å². The average Bonchev–Trinajstić information content (AvgIpc) is 3.24. The van der Waals surface area contributed by atoms with Gasteiger partial charge in [0.1, 0.15) is 0 Å². The number of guanidine groups is 1. The van der Waals surface area contributed by atoms with Crippen molar-refractivity contribution < 1.29 is 27.3 Å². The predicted molar refractivity (Wildman–Crippen MR) is 133 cm³/mol. The third kappa shape index (κ3) is 8.23. The highest BCUT2D eigenvalue weighted by atomic mass is 19.4. The number of ether oxygens (including phenoxy) is 1. The normalized spacial score (nSPS) is 16.3. The minimum Gasteiger partial charge on any atom is -0.365 e. The lowest BCUT2D eigenvalue weighted by Crippen LogP contribution is -2.48. The lowest BCUT2D eigenvalue weighted by atomic mass is 10.0. The second-order valence-corrected chi connectivity index (χ2v) is 8.85. The zero-order chi connectivity index (χ0) is 26.1. The Kier molecular flexibility index (Phi) is 9.71. The summed E-state index contributed by atoms with van der Waals surface area (Å²) in [6.45, 7) is 3.73. The van der Waals surface area contributed by atoms with Crippen molar-refractivity contribution in [2.45, 2.75) is 45.0 Å². The van der Waals surface area contributed by atoms with Crippen LogP contribution < -0.4 is 16.8 Å². The van der Waals surface area contributed by atoms with E-state index in [1.54, 1.807) is 4.58 Å². The molecule has 1 aliphatic rings. The van der Waals surface area contributed by atoms with E-state index in [9.17, 15) is 18.0 Å². The van der Waals surface area contributed by atoms with Crippen molar-refractivity contribution in [3.63, 3.8) is 0 Å². The maximum atomic E-state index is 12.8. The van der Waals surface area contributed by atoms with Crippen LogP contribution in [0, 0.1) is 0 Å². The molecule has 0 spiro atoms. The molecular weight excluding hydrogens is 475 g/mol. The summed E-state index contributed by atoms with van der Waals surface area (Å²) in [6.07, 6.45) is 0.748. The maximum Gasteiger partial charge on any atom is 0.522 e. The Hall–Kier alpha value is -3.12. The van der Waals surface area contributed by atoms with Crippen molar-refractivity contribution in [2.24, 2.45) is 16.5 Å². The van der Waals surface area contributed by atoms with Gasteiger partial charge < -0.3 is 16.0 Å². The van der Waals surface area contributed by atoms with E-state index < -0.39 is 18.9 Å². The van der Waals surface area contributed by atoms with E-state index in [2.05, 4.69) is 33.0 Å². The molecule has 3 rings (SSSR count). The molecule has 2 aromatic rings. The highest BCUT2D eigenvalue weighted by Gasteiger charge is 2.29. The quantitative estimate of drug-likeness (QED) is 0.233.